The Morgan fingerprint density at radius 3 is 2.23 bits per heavy atom. The van der Waals surface area contributed by atoms with E-state index in [1.807, 2.05) is 67.6 Å². The lowest BCUT2D eigenvalue weighted by Gasteiger charge is -2.27. The largest absolute Gasteiger partial charge is 0.444 e. The van der Waals surface area contributed by atoms with Gasteiger partial charge in [-0.3, -0.25) is 9.69 Å². The fourth-order valence-electron chi connectivity index (χ4n) is 5.56. The van der Waals surface area contributed by atoms with Crippen LogP contribution >= 0.6 is 0 Å². The number of anilines is 1. The second-order valence-corrected chi connectivity index (χ2v) is 14.1. The molecule has 0 radical (unpaired) electrons. The third-order valence-electron chi connectivity index (χ3n) is 7.84. The summed E-state index contributed by atoms with van der Waals surface area (Å²) in [4.78, 5) is 52.3. The maximum absolute atomic E-state index is 13.7. The van der Waals surface area contributed by atoms with Gasteiger partial charge in [-0.2, -0.15) is 4.98 Å². The summed E-state index contributed by atoms with van der Waals surface area (Å²) in [6.07, 6.45) is 0.802. The molecule has 0 aliphatic carbocycles. The Hall–Kier alpha value is -4.94. The molecule has 0 saturated carbocycles. The minimum Gasteiger partial charge on any atom is -0.444 e. The van der Waals surface area contributed by atoms with Crippen molar-refractivity contribution in [1.29, 1.82) is 0 Å². The second-order valence-electron chi connectivity index (χ2n) is 14.1. The molecule has 0 spiro atoms. The first kappa shape index (κ1) is 34.4. The highest BCUT2D eigenvalue weighted by Gasteiger charge is 2.30. The Labute approximate surface area is 280 Å². The van der Waals surface area contributed by atoms with E-state index in [-0.39, 0.29) is 19.0 Å². The highest BCUT2D eigenvalue weighted by molar-refractivity contribution is 5.89. The lowest BCUT2D eigenvalue weighted by molar-refractivity contribution is -0.131. The first-order valence-electron chi connectivity index (χ1n) is 16.2. The van der Waals surface area contributed by atoms with Gasteiger partial charge in [0, 0.05) is 44.9 Å². The maximum Gasteiger partial charge on any atom is 0.415 e. The molecule has 3 amide bonds. The molecule has 13 nitrogen and oxygen atoms in total. The van der Waals surface area contributed by atoms with Gasteiger partial charge in [0.1, 0.15) is 17.0 Å². The molecule has 1 aliphatic rings. The van der Waals surface area contributed by atoms with Crippen LogP contribution in [0.25, 0.3) is 22.4 Å². The molecule has 2 aromatic heterocycles. The number of benzene rings is 2. The first-order chi connectivity index (χ1) is 22.6. The van der Waals surface area contributed by atoms with E-state index in [1.54, 1.807) is 39.8 Å². The van der Waals surface area contributed by atoms with Gasteiger partial charge < -0.3 is 28.8 Å². The minimum atomic E-state index is -0.719. The van der Waals surface area contributed by atoms with Gasteiger partial charge in [0.15, 0.2) is 0 Å². The van der Waals surface area contributed by atoms with E-state index in [0.29, 0.717) is 41.8 Å². The second kappa shape index (κ2) is 13.7. The molecule has 0 bridgehead atoms. The number of aryl methyl sites for hydroxylation is 2. The number of likely N-dealkylation sites (tertiary alicyclic amines) is 1. The molecule has 13 heteroatoms. The third kappa shape index (κ3) is 8.31. The number of carbonyl (C=O) groups is 3. The predicted octanol–water partition coefficient (Wildman–Crippen LogP) is 6.10. The van der Waals surface area contributed by atoms with Crippen LogP contribution in [0.4, 0.5) is 15.3 Å². The Bertz CT molecular complexity index is 1780. The van der Waals surface area contributed by atoms with Crippen molar-refractivity contribution < 1.29 is 28.4 Å². The Kier molecular flexibility index (Phi) is 9.79. The molecular weight excluding hydrogens is 614 g/mol. The van der Waals surface area contributed by atoms with Crippen LogP contribution in [0.2, 0.25) is 0 Å². The SMILES string of the molecule is Cc1nc(-c2ccc(N(Cc3nc4cc([C@H](CNC(=O)OC(C)(C)C)C(=O)N5CCCC5)ccc4n3C)C(=O)OC(C)(C)C)cc2)no1. The zero-order valence-electron chi connectivity index (χ0n) is 29.0. The average molecular weight is 660 g/mol. The number of rotatable bonds is 8. The summed E-state index contributed by atoms with van der Waals surface area (Å²) < 4.78 is 18.2. The van der Waals surface area contributed by atoms with Crippen LogP contribution in [0, 0.1) is 6.92 Å². The summed E-state index contributed by atoms with van der Waals surface area (Å²) >= 11 is 0. The highest BCUT2D eigenvalue weighted by Crippen LogP contribution is 2.28. The highest BCUT2D eigenvalue weighted by atomic mass is 16.6. The van der Waals surface area contributed by atoms with E-state index in [0.717, 1.165) is 29.5 Å². The number of hydrogen-bond acceptors (Lipinski definition) is 9. The topological polar surface area (TPSA) is 145 Å². The molecule has 256 valence electrons. The molecule has 1 aliphatic heterocycles. The van der Waals surface area contributed by atoms with Crippen molar-refractivity contribution in [3.63, 3.8) is 0 Å². The number of hydrogen-bond donors (Lipinski definition) is 1. The number of nitrogens with one attached hydrogen (secondary N) is 1. The van der Waals surface area contributed by atoms with E-state index < -0.39 is 29.3 Å². The molecule has 1 fully saturated rings. The monoisotopic (exact) mass is 659 g/mol. The maximum atomic E-state index is 13.7. The number of imidazole rings is 1. The van der Waals surface area contributed by atoms with E-state index in [4.69, 9.17) is 19.0 Å². The van der Waals surface area contributed by atoms with Gasteiger partial charge in [-0.05, 0) is 96.3 Å². The molecule has 5 rings (SSSR count). The molecule has 1 N–H and O–H groups in total. The quantitative estimate of drug-likeness (QED) is 0.237. The lowest BCUT2D eigenvalue weighted by Crippen LogP contribution is -2.40. The van der Waals surface area contributed by atoms with Crippen LogP contribution in [0.15, 0.2) is 47.0 Å². The standard InChI is InChI=1S/C35H45N7O6/c1-22-37-30(39-48-22)23-11-14-25(15-12-23)42(33(45)47-35(5,6)7)21-29-38-27-19-24(13-16-28(27)40(29)8)26(31(43)41-17-9-10-18-41)20-36-32(44)46-34(2,3)4/h11-16,19,26H,9-10,17-18,20-21H2,1-8H3,(H,36,44)/t26-/m0/s1. The number of nitrogens with zero attached hydrogens (tertiary/aromatic N) is 6. The number of fused-ring (bicyclic) bond motifs is 1. The van der Waals surface area contributed by atoms with Crippen molar-refractivity contribution >= 4 is 34.8 Å². The average Bonchev–Trinajstić information content (AvgIpc) is 3.75. The van der Waals surface area contributed by atoms with Crippen LogP contribution in [0.5, 0.6) is 0 Å². The van der Waals surface area contributed by atoms with Crippen molar-refractivity contribution in [2.45, 2.75) is 85.0 Å². The fourth-order valence-corrected chi connectivity index (χ4v) is 5.56. The Morgan fingerprint density at radius 2 is 1.62 bits per heavy atom. The normalized spacial score (nSPS) is 14.2. The van der Waals surface area contributed by atoms with E-state index >= 15 is 0 Å². The smallest absolute Gasteiger partial charge is 0.415 e. The van der Waals surface area contributed by atoms with Gasteiger partial charge in [0.2, 0.25) is 17.6 Å². The van der Waals surface area contributed by atoms with Crippen LogP contribution in [-0.4, -0.2) is 73.5 Å². The van der Waals surface area contributed by atoms with Crippen LogP contribution in [0.3, 0.4) is 0 Å². The summed E-state index contributed by atoms with van der Waals surface area (Å²) in [6, 6.07) is 12.9. The van der Waals surface area contributed by atoms with Gasteiger partial charge >= 0.3 is 12.2 Å². The van der Waals surface area contributed by atoms with Crippen LogP contribution < -0.4 is 10.2 Å². The van der Waals surface area contributed by atoms with E-state index in [2.05, 4.69) is 15.5 Å². The van der Waals surface area contributed by atoms with Gasteiger partial charge in [0.05, 0.1) is 23.5 Å². The van der Waals surface area contributed by atoms with Crippen molar-refractivity contribution in [2.24, 2.45) is 7.05 Å². The molecular formula is C35H45N7O6. The van der Waals surface area contributed by atoms with Gasteiger partial charge in [0.25, 0.3) is 0 Å². The molecule has 1 atom stereocenters. The summed E-state index contributed by atoms with van der Waals surface area (Å²) in [6.45, 7) is 14.1. The van der Waals surface area contributed by atoms with Crippen LogP contribution in [0.1, 0.15) is 77.6 Å². The molecule has 4 aromatic rings. The number of amides is 3. The fraction of sp³-hybridized carbons (Fsp3) is 0.486. The molecule has 48 heavy (non-hydrogen) atoms. The molecule has 0 unspecified atom stereocenters. The zero-order chi connectivity index (χ0) is 34.8. The van der Waals surface area contributed by atoms with E-state index in [1.165, 1.54) is 4.90 Å². The number of carbonyl (C=O) groups excluding carboxylic acids is 3. The summed E-state index contributed by atoms with van der Waals surface area (Å²) in [5, 5.41) is 6.77. The third-order valence-corrected chi connectivity index (χ3v) is 7.84. The van der Waals surface area contributed by atoms with Crippen LogP contribution in [-0.2, 0) is 27.9 Å². The van der Waals surface area contributed by atoms with Crippen molar-refractivity contribution in [3.05, 3.63) is 59.7 Å². The zero-order valence-corrected chi connectivity index (χ0v) is 29.0. The summed E-state index contributed by atoms with van der Waals surface area (Å²) in [7, 11) is 1.89. The Morgan fingerprint density at radius 1 is 0.958 bits per heavy atom. The van der Waals surface area contributed by atoms with Gasteiger partial charge in [-0.1, -0.05) is 11.2 Å². The summed E-state index contributed by atoms with van der Waals surface area (Å²) in [5.74, 6) is 0.859. The van der Waals surface area contributed by atoms with Crippen molar-refractivity contribution in [3.8, 4) is 11.4 Å². The van der Waals surface area contributed by atoms with E-state index in [9.17, 15) is 14.4 Å². The number of alkyl carbamates (subject to hydrolysis) is 1. The molecule has 1 saturated heterocycles. The van der Waals surface area contributed by atoms with Crippen molar-refractivity contribution in [2.75, 3.05) is 24.5 Å². The predicted molar refractivity (Wildman–Crippen MR) is 180 cm³/mol. The first-order valence-corrected chi connectivity index (χ1v) is 16.2. The number of ether oxygens (including phenoxy) is 2. The molecule has 2 aromatic carbocycles. The van der Waals surface area contributed by atoms with Gasteiger partial charge in [-0.15, -0.1) is 0 Å². The lowest BCUT2D eigenvalue weighted by atomic mass is 9.97. The van der Waals surface area contributed by atoms with Crippen molar-refractivity contribution in [1.82, 2.24) is 29.9 Å². The Balaban J connectivity index is 1.44. The minimum absolute atomic E-state index is 0.0467. The molecule has 3 heterocycles. The number of aromatic nitrogens is 4. The van der Waals surface area contributed by atoms with Gasteiger partial charge in [-0.25, -0.2) is 14.6 Å². The summed E-state index contributed by atoms with van der Waals surface area (Å²) in [5.41, 5.74) is 2.19.